The van der Waals surface area contributed by atoms with Crippen LogP contribution in [0.15, 0.2) is 15.9 Å². The number of halogens is 1. The molecular weight excluding hydrogens is 284 g/mol. The lowest BCUT2D eigenvalue weighted by Crippen LogP contribution is -2.43. The predicted octanol–water partition coefficient (Wildman–Crippen LogP) is 3.26. The van der Waals surface area contributed by atoms with Crippen LogP contribution in [0.1, 0.15) is 30.2 Å². The molecule has 0 aliphatic carbocycles. The van der Waals surface area contributed by atoms with E-state index in [0.29, 0.717) is 12.1 Å². The highest BCUT2D eigenvalue weighted by atomic mass is 79.9. The quantitative estimate of drug-likeness (QED) is 0.922. The van der Waals surface area contributed by atoms with Crippen molar-refractivity contribution in [3.05, 3.63) is 20.8 Å². The van der Waals surface area contributed by atoms with E-state index >= 15 is 0 Å². The SMILES string of the molecule is CN(C)C(c1cc(Br)cs1)C1CCCCN1. The molecule has 1 aliphatic rings. The maximum atomic E-state index is 3.66. The van der Waals surface area contributed by atoms with Gasteiger partial charge in [-0.05, 0) is 55.5 Å². The summed E-state index contributed by atoms with van der Waals surface area (Å²) in [6.07, 6.45) is 3.97. The highest BCUT2D eigenvalue weighted by Gasteiger charge is 2.27. The topological polar surface area (TPSA) is 15.3 Å². The molecule has 0 saturated carbocycles. The van der Waals surface area contributed by atoms with Crippen LogP contribution in [-0.4, -0.2) is 31.6 Å². The molecular formula is C12H19BrN2S. The Labute approximate surface area is 110 Å². The molecule has 2 rings (SSSR count). The van der Waals surface area contributed by atoms with E-state index in [1.165, 1.54) is 35.2 Å². The predicted molar refractivity (Wildman–Crippen MR) is 74.1 cm³/mol. The first kappa shape index (κ1) is 12.6. The summed E-state index contributed by atoms with van der Waals surface area (Å²) in [6, 6.07) is 3.37. The Morgan fingerprint density at radius 1 is 1.50 bits per heavy atom. The maximum Gasteiger partial charge on any atom is 0.0591 e. The van der Waals surface area contributed by atoms with Gasteiger partial charge in [0.15, 0.2) is 0 Å². The van der Waals surface area contributed by atoms with Crippen LogP contribution in [0.2, 0.25) is 0 Å². The number of rotatable bonds is 3. The number of thiophene rings is 1. The summed E-state index contributed by atoms with van der Waals surface area (Å²) in [5.74, 6) is 0. The van der Waals surface area contributed by atoms with Crippen molar-refractivity contribution in [3.8, 4) is 0 Å². The van der Waals surface area contributed by atoms with Gasteiger partial charge < -0.3 is 10.2 Å². The first-order valence-electron chi connectivity index (χ1n) is 5.82. The molecule has 16 heavy (non-hydrogen) atoms. The van der Waals surface area contributed by atoms with Crippen molar-refractivity contribution in [2.24, 2.45) is 0 Å². The fraction of sp³-hybridized carbons (Fsp3) is 0.667. The largest absolute Gasteiger partial charge is 0.312 e. The van der Waals surface area contributed by atoms with Gasteiger partial charge in [-0.1, -0.05) is 6.42 Å². The third-order valence-corrected chi connectivity index (χ3v) is 4.93. The Kier molecular flexibility index (Phi) is 4.41. The molecule has 4 heteroatoms. The van der Waals surface area contributed by atoms with Crippen molar-refractivity contribution >= 4 is 27.3 Å². The second kappa shape index (κ2) is 5.63. The Bertz CT molecular complexity index is 332. The maximum absolute atomic E-state index is 3.66. The minimum atomic E-state index is 0.511. The number of piperidine rings is 1. The van der Waals surface area contributed by atoms with E-state index in [4.69, 9.17) is 0 Å². The molecule has 90 valence electrons. The van der Waals surface area contributed by atoms with E-state index in [1.807, 2.05) is 11.3 Å². The fourth-order valence-electron chi connectivity index (χ4n) is 2.44. The van der Waals surface area contributed by atoms with Gasteiger partial charge in [-0.15, -0.1) is 11.3 Å². The van der Waals surface area contributed by atoms with Crippen molar-refractivity contribution in [1.82, 2.24) is 10.2 Å². The molecule has 1 aliphatic heterocycles. The molecule has 0 spiro atoms. The van der Waals surface area contributed by atoms with Gasteiger partial charge >= 0.3 is 0 Å². The summed E-state index contributed by atoms with van der Waals surface area (Å²) in [7, 11) is 4.35. The second-order valence-corrected chi connectivity index (χ2v) is 6.49. The van der Waals surface area contributed by atoms with Gasteiger partial charge in [0.05, 0.1) is 6.04 Å². The van der Waals surface area contributed by atoms with Crippen molar-refractivity contribution in [2.75, 3.05) is 20.6 Å². The highest BCUT2D eigenvalue weighted by Crippen LogP contribution is 2.33. The van der Waals surface area contributed by atoms with Gasteiger partial charge in [-0.3, -0.25) is 0 Å². The van der Waals surface area contributed by atoms with Gasteiger partial charge in [-0.25, -0.2) is 0 Å². The molecule has 2 atom stereocenters. The van der Waals surface area contributed by atoms with E-state index in [-0.39, 0.29) is 0 Å². The average molecular weight is 303 g/mol. The molecule has 1 aromatic heterocycles. The number of nitrogens with one attached hydrogen (secondary N) is 1. The van der Waals surface area contributed by atoms with E-state index < -0.39 is 0 Å². The average Bonchev–Trinajstić information content (AvgIpc) is 2.66. The number of likely N-dealkylation sites (N-methyl/N-ethyl adjacent to an activating group) is 1. The molecule has 0 radical (unpaired) electrons. The highest BCUT2D eigenvalue weighted by molar-refractivity contribution is 9.10. The van der Waals surface area contributed by atoms with Gasteiger partial charge in [-0.2, -0.15) is 0 Å². The Balaban J connectivity index is 2.16. The van der Waals surface area contributed by atoms with Crippen LogP contribution in [0, 0.1) is 0 Å². The zero-order chi connectivity index (χ0) is 11.5. The van der Waals surface area contributed by atoms with E-state index in [2.05, 4.69) is 51.7 Å². The van der Waals surface area contributed by atoms with Gasteiger partial charge in [0.2, 0.25) is 0 Å². The fourth-order valence-corrected chi connectivity index (χ4v) is 4.15. The minimum absolute atomic E-state index is 0.511. The Morgan fingerprint density at radius 3 is 2.81 bits per heavy atom. The van der Waals surface area contributed by atoms with Crippen LogP contribution >= 0.6 is 27.3 Å². The standard InChI is InChI=1S/C12H19BrN2S/c1-15(2)12(10-5-3-4-6-14-10)11-7-9(13)8-16-11/h7-8,10,12,14H,3-6H2,1-2H3. The Hall–Kier alpha value is 0.1000. The van der Waals surface area contributed by atoms with Crippen LogP contribution < -0.4 is 5.32 Å². The molecule has 2 unspecified atom stereocenters. The van der Waals surface area contributed by atoms with Crippen LogP contribution in [0.25, 0.3) is 0 Å². The zero-order valence-electron chi connectivity index (χ0n) is 9.87. The molecule has 1 aromatic rings. The number of hydrogen-bond donors (Lipinski definition) is 1. The third kappa shape index (κ3) is 2.86. The molecule has 0 bridgehead atoms. The van der Waals surface area contributed by atoms with Gasteiger partial charge in [0, 0.05) is 20.8 Å². The number of hydrogen-bond acceptors (Lipinski definition) is 3. The summed E-state index contributed by atoms with van der Waals surface area (Å²) >= 11 is 5.40. The first-order chi connectivity index (χ1) is 7.68. The summed E-state index contributed by atoms with van der Waals surface area (Å²) in [5, 5.41) is 5.83. The molecule has 0 aromatic carbocycles. The monoisotopic (exact) mass is 302 g/mol. The molecule has 2 nitrogen and oxygen atoms in total. The van der Waals surface area contributed by atoms with Crippen LogP contribution in [0.4, 0.5) is 0 Å². The van der Waals surface area contributed by atoms with E-state index in [9.17, 15) is 0 Å². The lowest BCUT2D eigenvalue weighted by Gasteiger charge is -2.35. The van der Waals surface area contributed by atoms with Crippen molar-refractivity contribution in [3.63, 3.8) is 0 Å². The summed E-state index contributed by atoms with van der Waals surface area (Å²) < 4.78 is 1.20. The van der Waals surface area contributed by atoms with Gasteiger partial charge in [0.25, 0.3) is 0 Å². The van der Waals surface area contributed by atoms with E-state index in [0.717, 1.165) is 0 Å². The third-order valence-electron chi connectivity index (χ3n) is 3.17. The molecule has 1 saturated heterocycles. The second-order valence-electron chi connectivity index (χ2n) is 4.63. The van der Waals surface area contributed by atoms with Crippen LogP contribution in [-0.2, 0) is 0 Å². The molecule has 2 heterocycles. The van der Waals surface area contributed by atoms with Crippen LogP contribution in [0.5, 0.6) is 0 Å². The van der Waals surface area contributed by atoms with Crippen LogP contribution in [0.3, 0.4) is 0 Å². The summed E-state index contributed by atoms with van der Waals surface area (Å²) in [4.78, 5) is 3.79. The van der Waals surface area contributed by atoms with E-state index in [1.54, 1.807) is 0 Å². The molecule has 1 fully saturated rings. The first-order valence-corrected chi connectivity index (χ1v) is 7.49. The Morgan fingerprint density at radius 2 is 2.31 bits per heavy atom. The zero-order valence-corrected chi connectivity index (χ0v) is 12.3. The number of nitrogens with zero attached hydrogens (tertiary/aromatic N) is 1. The normalized spacial score (nSPS) is 23.6. The van der Waals surface area contributed by atoms with Gasteiger partial charge in [0.1, 0.15) is 0 Å². The van der Waals surface area contributed by atoms with Crippen molar-refractivity contribution < 1.29 is 0 Å². The van der Waals surface area contributed by atoms with Crippen molar-refractivity contribution in [2.45, 2.75) is 31.3 Å². The summed E-state index contributed by atoms with van der Waals surface area (Å²) in [6.45, 7) is 1.17. The smallest absolute Gasteiger partial charge is 0.0591 e. The molecule has 0 amide bonds. The lowest BCUT2D eigenvalue weighted by atomic mass is 9.96. The summed E-state index contributed by atoms with van der Waals surface area (Å²) in [5.41, 5.74) is 0. The van der Waals surface area contributed by atoms with Crippen molar-refractivity contribution in [1.29, 1.82) is 0 Å². The molecule has 1 N–H and O–H groups in total. The lowest BCUT2D eigenvalue weighted by molar-refractivity contribution is 0.208. The minimum Gasteiger partial charge on any atom is -0.312 e.